The predicted octanol–water partition coefficient (Wildman–Crippen LogP) is 4.43. The molecular weight excluding hydrogens is 272 g/mol. The van der Waals surface area contributed by atoms with Crippen LogP contribution in [0.25, 0.3) is 21.8 Å². The number of para-hydroxylation sites is 2. The summed E-state index contributed by atoms with van der Waals surface area (Å²) in [5.74, 6) is 0.952. The highest BCUT2D eigenvalue weighted by Gasteiger charge is 2.08. The Kier molecular flexibility index (Phi) is 4.64. The number of aromatic amines is 1. The molecule has 0 unspecified atom stereocenters. The van der Waals surface area contributed by atoms with E-state index in [0.717, 1.165) is 49.4 Å². The number of nitrogens with zero attached hydrogens (tertiary/aromatic N) is 1. The van der Waals surface area contributed by atoms with Crippen molar-refractivity contribution in [2.24, 2.45) is 0 Å². The molecule has 22 heavy (non-hydrogen) atoms. The van der Waals surface area contributed by atoms with Crippen molar-refractivity contribution < 1.29 is 4.74 Å². The number of ether oxygens (including phenoxy) is 1. The molecule has 0 aliphatic heterocycles. The molecule has 3 aromatic rings. The Balaban J connectivity index is 1.74. The standard InChI is InChI=1S/C19H24N2O/c1-3-21(4-2)13-8-14-22-18-12-7-10-16-15-9-5-6-11-17(15)20-19(16)18/h5-7,9-12,20H,3-4,8,13-14H2,1-2H3. The summed E-state index contributed by atoms with van der Waals surface area (Å²) in [4.78, 5) is 5.91. The lowest BCUT2D eigenvalue weighted by Gasteiger charge is -2.17. The maximum Gasteiger partial charge on any atom is 0.143 e. The van der Waals surface area contributed by atoms with Crippen LogP contribution in [-0.4, -0.2) is 36.1 Å². The lowest BCUT2D eigenvalue weighted by atomic mass is 10.1. The maximum atomic E-state index is 6.03. The Morgan fingerprint density at radius 2 is 1.73 bits per heavy atom. The van der Waals surface area contributed by atoms with E-state index in [-0.39, 0.29) is 0 Å². The van der Waals surface area contributed by atoms with E-state index in [1.165, 1.54) is 10.8 Å². The normalized spacial score (nSPS) is 11.6. The Morgan fingerprint density at radius 3 is 2.55 bits per heavy atom. The van der Waals surface area contributed by atoms with E-state index < -0.39 is 0 Å². The molecule has 0 saturated carbocycles. The summed E-state index contributed by atoms with van der Waals surface area (Å²) in [7, 11) is 0. The molecule has 0 atom stereocenters. The van der Waals surface area contributed by atoms with Gasteiger partial charge in [0.1, 0.15) is 5.75 Å². The summed E-state index contributed by atoms with van der Waals surface area (Å²) < 4.78 is 6.03. The van der Waals surface area contributed by atoms with Gasteiger partial charge in [-0.2, -0.15) is 0 Å². The van der Waals surface area contributed by atoms with Crippen LogP contribution in [0.2, 0.25) is 0 Å². The van der Waals surface area contributed by atoms with Crippen molar-refractivity contribution in [3.63, 3.8) is 0 Å². The van der Waals surface area contributed by atoms with E-state index in [9.17, 15) is 0 Å². The number of hydrogen-bond acceptors (Lipinski definition) is 2. The molecule has 0 aliphatic rings. The highest BCUT2D eigenvalue weighted by molar-refractivity contribution is 6.09. The van der Waals surface area contributed by atoms with Crippen LogP contribution < -0.4 is 4.74 Å². The Labute approximate surface area is 131 Å². The highest BCUT2D eigenvalue weighted by atomic mass is 16.5. The fraction of sp³-hybridized carbons (Fsp3) is 0.368. The molecule has 116 valence electrons. The summed E-state index contributed by atoms with van der Waals surface area (Å²) >= 11 is 0. The average molecular weight is 296 g/mol. The van der Waals surface area contributed by atoms with Crippen LogP contribution >= 0.6 is 0 Å². The number of fused-ring (bicyclic) bond motifs is 3. The molecule has 0 radical (unpaired) electrons. The minimum absolute atomic E-state index is 0.755. The van der Waals surface area contributed by atoms with Crippen LogP contribution in [0.5, 0.6) is 5.75 Å². The summed E-state index contributed by atoms with van der Waals surface area (Å²) in [6.45, 7) is 8.47. The molecule has 0 amide bonds. The Bertz CT molecular complexity index is 743. The van der Waals surface area contributed by atoms with Crippen molar-refractivity contribution in [1.82, 2.24) is 9.88 Å². The van der Waals surface area contributed by atoms with Gasteiger partial charge in [-0.3, -0.25) is 0 Å². The summed E-state index contributed by atoms with van der Waals surface area (Å²) in [6, 6.07) is 14.7. The first-order chi connectivity index (χ1) is 10.8. The first-order valence-corrected chi connectivity index (χ1v) is 8.18. The number of aromatic nitrogens is 1. The van der Waals surface area contributed by atoms with Gasteiger partial charge in [-0.1, -0.05) is 44.2 Å². The second-order valence-corrected chi connectivity index (χ2v) is 5.58. The van der Waals surface area contributed by atoms with E-state index >= 15 is 0 Å². The topological polar surface area (TPSA) is 28.3 Å². The largest absolute Gasteiger partial charge is 0.491 e. The van der Waals surface area contributed by atoms with Crippen molar-refractivity contribution in [3.05, 3.63) is 42.5 Å². The summed E-state index contributed by atoms with van der Waals surface area (Å²) in [5.41, 5.74) is 2.27. The fourth-order valence-corrected chi connectivity index (χ4v) is 2.98. The van der Waals surface area contributed by atoms with Crippen LogP contribution in [0.1, 0.15) is 20.3 Å². The van der Waals surface area contributed by atoms with Gasteiger partial charge in [-0.15, -0.1) is 0 Å². The van der Waals surface area contributed by atoms with E-state index in [0.29, 0.717) is 0 Å². The molecule has 0 saturated heterocycles. The van der Waals surface area contributed by atoms with Gasteiger partial charge >= 0.3 is 0 Å². The van der Waals surface area contributed by atoms with Crippen molar-refractivity contribution in [3.8, 4) is 5.75 Å². The van der Waals surface area contributed by atoms with Gasteiger partial charge in [0.05, 0.1) is 12.1 Å². The van der Waals surface area contributed by atoms with Crippen molar-refractivity contribution in [1.29, 1.82) is 0 Å². The zero-order chi connectivity index (χ0) is 15.4. The summed E-state index contributed by atoms with van der Waals surface area (Å²) in [5, 5.41) is 2.49. The second-order valence-electron chi connectivity index (χ2n) is 5.58. The quantitative estimate of drug-likeness (QED) is 0.653. The summed E-state index contributed by atoms with van der Waals surface area (Å²) in [6.07, 6.45) is 1.05. The van der Waals surface area contributed by atoms with E-state index in [2.05, 4.69) is 66.2 Å². The number of H-pyrrole nitrogens is 1. The zero-order valence-corrected chi connectivity index (χ0v) is 13.4. The third-order valence-electron chi connectivity index (χ3n) is 4.27. The third kappa shape index (κ3) is 2.95. The molecule has 2 aromatic carbocycles. The zero-order valence-electron chi connectivity index (χ0n) is 13.4. The maximum absolute atomic E-state index is 6.03. The first-order valence-electron chi connectivity index (χ1n) is 8.18. The van der Waals surface area contributed by atoms with Gasteiger partial charge in [0.2, 0.25) is 0 Å². The third-order valence-corrected chi connectivity index (χ3v) is 4.27. The average Bonchev–Trinajstić information content (AvgIpc) is 2.94. The fourth-order valence-electron chi connectivity index (χ4n) is 2.98. The first kappa shape index (κ1) is 14.9. The smallest absolute Gasteiger partial charge is 0.143 e. The molecule has 3 nitrogen and oxygen atoms in total. The van der Waals surface area contributed by atoms with Crippen LogP contribution in [0.3, 0.4) is 0 Å². The lowest BCUT2D eigenvalue weighted by Crippen LogP contribution is -2.25. The van der Waals surface area contributed by atoms with Gasteiger partial charge in [0, 0.05) is 22.8 Å². The molecule has 3 rings (SSSR count). The van der Waals surface area contributed by atoms with E-state index in [1.54, 1.807) is 0 Å². The van der Waals surface area contributed by atoms with Gasteiger partial charge in [0.15, 0.2) is 0 Å². The number of benzene rings is 2. The molecule has 1 aromatic heterocycles. The molecule has 0 bridgehead atoms. The molecule has 3 heteroatoms. The second kappa shape index (κ2) is 6.84. The molecule has 1 heterocycles. The van der Waals surface area contributed by atoms with Gasteiger partial charge < -0.3 is 14.6 Å². The van der Waals surface area contributed by atoms with Gasteiger partial charge in [0.25, 0.3) is 0 Å². The number of rotatable bonds is 7. The molecular formula is C19H24N2O. The highest BCUT2D eigenvalue weighted by Crippen LogP contribution is 2.31. The Hall–Kier alpha value is -2.00. The molecule has 0 fully saturated rings. The van der Waals surface area contributed by atoms with Gasteiger partial charge in [-0.25, -0.2) is 0 Å². The predicted molar refractivity (Wildman–Crippen MR) is 93.7 cm³/mol. The number of nitrogens with one attached hydrogen (secondary N) is 1. The molecule has 0 aliphatic carbocycles. The van der Waals surface area contributed by atoms with Crippen molar-refractivity contribution >= 4 is 21.8 Å². The number of hydrogen-bond donors (Lipinski definition) is 1. The minimum Gasteiger partial charge on any atom is -0.491 e. The SMILES string of the molecule is CCN(CC)CCCOc1cccc2c1[nH]c1ccccc12. The molecule has 1 N–H and O–H groups in total. The van der Waals surface area contributed by atoms with Crippen LogP contribution in [0.4, 0.5) is 0 Å². The van der Waals surface area contributed by atoms with Crippen molar-refractivity contribution in [2.45, 2.75) is 20.3 Å². The minimum atomic E-state index is 0.755. The van der Waals surface area contributed by atoms with Crippen molar-refractivity contribution in [2.75, 3.05) is 26.2 Å². The lowest BCUT2D eigenvalue weighted by molar-refractivity contribution is 0.250. The molecule has 0 spiro atoms. The van der Waals surface area contributed by atoms with Crippen LogP contribution in [-0.2, 0) is 0 Å². The van der Waals surface area contributed by atoms with E-state index in [1.807, 2.05) is 0 Å². The van der Waals surface area contributed by atoms with Gasteiger partial charge in [-0.05, 0) is 31.6 Å². The van der Waals surface area contributed by atoms with E-state index in [4.69, 9.17) is 4.74 Å². The Morgan fingerprint density at radius 1 is 0.955 bits per heavy atom. The monoisotopic (exact) mass is 296 g/mol. The van der Waals surface area contributed by atoms with Crippen LogP contribution in [0, 0.1) is 0 Å². The van der Waals surface area contributed by atoms with Crippen LogP contribution in [0.15, 0.2) is 42.5 Å².